The molecule has 0 fully saturated rings. The molecule has 92 valence electrons. The lowest BCUT2D eigenvalue weighted by atomic mass is 10.1. The summed E-state index contributed by atoms with van der Waals surface area (Å²) in [4.78, 5) is 23.8. The van der Waals surface area contributed by atoms with Gasteiger partial charge < -0.3 is 10.0 Å². The van der Waals surface area contributed by atoms with Gasteiger partial charge in [-0.05, 0) is 47.2 Å². The van der Waals surface area contributed by atoms with Gasteiger partial charge in [-0.2, -0.15) is 0 Å². The third-order valence-corrected chi connectivity index (χ3v) is 2.98. The molecule has 0 heterocycles. The number of carboxylic acid groups (broad SMARTS) is 1. The summed E-state index contributed by atoms with van der Waals surface area (Å²) in [6, 6.07) is 7.63. The van der Waals surface area contributed by atoms with Crippen molar-refractivity contribution in [2.45, 2.75) is 13.3 Å². The van der Waals surface area contributed by atoms with Gasteiger partial charge in [0.15, 0.2) is 0 Å². The van der Waals surface area contributed by atoms with E-state index in [1.807, 2.05) is 24.3 Å². The number of amides is 1. The van der Waals surface area contributed by atoms with Crippen LogP contribution in [0, 0.1) is 3.57 Å². The topological polar surface area (TPSA) is 57.6 Å². The lowest BCUT2D eigenvalue weighted by molar-refractivity contribution is -0.144. The van der Waals surface area contributed by atoms with E-state index in [0.717, 1.165) is 9.13 Å². The van der Waals surface area contributed by atoms with Gasteiger partial charge >= 0.3 is 5.97 Å². The summed E-state index contributed by atoms with van der Waals surface area (Å²) in [5.41, 5.74) is 0.908. The second kappa shape index (κ2) is 6.58. The largest absolute Gasteiger partial charge is 0.480 e. The van der Waals surface area contributed by atoms with Gasteiger partial charge in [-0.15, -0.1) is 0 Å². The van der Waals surface area contributed by atoms with E-state index in [1.54, 1.807) is 6.92 Å². The number of rotatable bonds is 5. The van der Waals surface area contributed by atoms with Crippen molar-refractivity contribution in [3.8, 4) is 0 Å². The zero-order valence-corrected chi connectivity index (χ0v) is 11.7. The molecule has 0 spiro atoms. The van der Waals surface area contributed by atoms with Crippen molar-refractivity contribution in [1.29, 1.82) is 0 Å². The van der Waals surface area contributed by atoms with E-state index in [9.17, 15) is 9.59 Å². The number of carboxylic acids is 1. The fourth-order valence-corrected chi connectivity index (χ4v) is 2.08. The molecule has 0 radical (unpaired) electrons. The van der Waals surface area contributed by atoms with Crippen LogP contribution in [0.25, 0.3) is 0 Å². The van der Waals surface area contributed by atoms with Crippen LogP contribution >= 0.6 is 22.6 Å². The van der Waals surface area contributed by atoms with Crippen molar-refractivity contribution >= 4 is 34.5 Å². The highest BCUT2D eigenvalue weighted by Gasteiger charge is 2.15. The molecule has 0 unspecified atom stereocenters. The Hall–Kier alpha value is -1.11. The number of aliphatic carboxylic acids is 1. The van der Waals surface area contributed by atoms with Crippen LogP contribution in [0.1, 0.15) is 12.5 Å². The molecule has 5 heteroatoms. The quantitative estimate of drug-likeness (QED) is 0.826. The molecule has 0 saturated heterocycles. The zero-order valence-electron chi connectivity index (χ0n) is 9.52. The Morgan fingerprint density at radius 3 is 2.65 bits per heavy atom. The van der Waals surface area contributed by atoms with Crippen LogP contribution in [0.2, 0.25) is 0 Å². The Bertz CT molecular complexity index is 420. The van der Waals surface area contributed by atoms with Crippen molar-refractivity contribution in [1.82, 2.24) is 4.90 Å². The first-order chi connectivity index (χ1) is 8.02. The van der Waals surface area contributed by atoms with E-state index in [-0.39, 0.29) is 18.9 Å². The average Bonchev–Trinajstić information content (AvgIpc) is 2.25. The Labute approximate surface area is 114 Å². The van der Waals surface area contributed by atoms with Crippen molar-refractivity contribution in [2.75, 3.05) is 13.1 Å². The number of halogens is 1. The molecule has 1 rings (SSSR count). The lowest BCUT2D eigenvalue weighted by Crippen LogP contribution is -2.36. The molecule has 1 aromatic carbocycles. The van der Waals surface area contributed by atoms with Gasteiger partial charge in [0.25, 0.3) is 0 Å². The third kappa shape index (κ3) is 4.72. The summed E-state index contributed by atoms with van der Waals surface area (Å²) < 4.78 is 1.06. The van der Waals surface area contributed by atoms with Crippen LogP contribution < -0.4 is 0 Å². The van der Waals surface area contributed by atoms with Crippen LogP contribution in [-0.2, 0) is 16.0 Å². The standard InChI is InChI=1S/C12H14INO3/c1-2-14(8-12(16)17)11(15)7-9-4-3-5-10(13)6-9/h3-6H,2,7-8H2,1H3,(H,16,17). The molecule has 4 nitrogen and oxygen atoms in total. The van der Waals surface area contributed by atoms with Crippen molar-refractivity contribution < 1.29 is 14.7 Å². The average molecular weight is 347 g/mol. The van der Waals surface area contributed by atoms with Crippen LogP contribution in [0.4, 0.5) is 0 Å². The smallest absolute Gasteiger partial charge is 0.323 e. The van der Waals surface area contributed by atoms with Gasteiger partial charge in [0.05, 0.1) is 6.42 Å². The molecule has 17 heavy (non-hydrogen) atoms. The number of hydrogen-bond acceptors (Lipinski definition) is 2. The molecule has 1 N–H and O–H groups in total. The van der Waals surface area contributed by atoms with E-state index >= 15 is 0 Å². The first-order valence-corrected chi connectivity index (χ1v) is 6.34. The maximum Gasteiger partial charge on any atom is 0.323 e. The van der Waals surface area contributed by atoms with Crippen molar-refractivity contribution in [3.63, 3.8) is 0 Å². The van der Waals surface area contributed by atoms with Gasteiger partial charge in [-0.3, -0.25) is 9.59 Å². The SMILES string of the molecule is CCN(CC(=O)O)C(=O)Cc1cccc(I)c1. The Morgan fingerprint density at radius 1 is 1.41 bits per heavy atom. The molecular formula is C12H14INO3. The fourth-order valence-electron chi connectivity index (χ4n) is 1.47. The highest BCUT2D eigenvalue weighted by molar-refractivity contribution is 14.1. The minimum atomic E-state index is -0.983. The van der Waals surface area contributed by atoms with Crippen LogP contribution in [0.15, 0.2) is 24.3 Å². The summed E-state index contributed by atoms with van der Waals surface area (Å²) in [6.07, 6.45) is 0.248. The monoisotopic (exact) mass is 347 g/mol. The van der Waals surface area contributed by atoms with E-state index in [1.165, 1.54) is 4.90 Å². The van der Waals surface area contributed by atoms with E-state index in [0.29, 0.717) is 6.54 Å². The van der Waals surface area contributed by atoms with Crippen molar-refractivity contribution in [3.05, 3.63) is 33.4 Å². The number of nitrogens with zero attached hydrogens (tertiary/aromatic N) is 1. The normalized spacial score (nSPS) is 10.0. The maximum atomic E-state index is 11.9. The molecule has 0 aliphatic heterocycles. The molecule has 0 aromatic heterocycles. The molecule has 1 aromatic rings. The molecule has 0 atom stereocenters. The molecule has 0 saturated carbocycles. The minimum absolute atomic E-state index is 0.156. The number of carbonyl (C=O) groups excluding carboxylic acids is 1. The van der Waals surface area contributed by atoms with Gasteiger partial charge in [-0.1, -0.05) is 12.1 Å². The van der Waals surface area contributed by atoms with Gasteiger partial charge in [0, 0.05) is 10.1 Å². The molecule has 1 amide bonds. The summed E-state index contributed by atoms with van der Waals surface area (Å²) in [6.45, 7) is 1.95. The first kappa shape index (κ1) is 14.0. The minimum Gasteiger partial charge on any atom is -0.480 e. The second-order valence-electron chi connectivity index (χ2n) is 3.61. The first-order valence-electron chi connectivity index (χ1n) is 5.27. The Balaban J connectivity index is 2.67. The van der Waals surface area contributed by atoms with Crippen molar-refractivity contribution in [2.24, 2.45) is 0 Å². The van der Waals surface area contributed by atoms with E-state index in [2.05, 4.69) is 22.6 Å². The fraction of sp³-hybridized carbons (Fsp3) is 0.333. The van der Waals surface area contributed by atoms with Crippen LogP contribution in [-0.4, -0.2) is 35.0 Å². The number of hydrogen-bond donors (Lipinski definition) is 1. The summed E-state index contributed by atoms with van der Waals surface area (Å²) in [5, 5.41) is 8.68. The lowest BCUT2D eigenvalue weighted by Gasteiger charge is -2.18. The predicted molar refractivity (Wildman–Crippen MR) is 72.8 cm³/mol. The highest BCUT2D eigenvalue weighted by atomic mass is 127. The van der Waals surface area contributed by atoms with Crippen LogP contribution in [0.3, 0.4) is 0 Å². The molecule has 0 aliphatic carbocycles. The summed E-state index contributed by atoms with van der Waals surface area (Å²) in [7, 11) is 0. The van der Waals surface area contributed by atoms with E-state index < -0.39 is 5.97 Å². The molecule has 0 bridgehead atoms. The summed E-state index contributed by atoms with van der Waals surface area (Å²) in [5.74, 6) is -1.14. The Morgan fingerprint density at radius 2 is 2.12 bits per heavy atom. The van der Waals surface area contributed by atoms with Gasteiger partial charge in [-0.25, -0.2) is 0 Å². The third-order valence-electron chi connectivity index (χ3n) is 2.30. The number of likely N-dealkylation sites (N-methyl/N-ethyl adjacent to an activating group) is 1. The Kier molecular flexibility index (Phi) is 5.40. The van der Waals surface area contributed by atoms with E-state index in [4.69, 9.17) is 5.11 Å². The number of benzene rings is 1. The second-order valence-corrected chi connectivity index (χ2v) is 4.85. The predicted octanol–water partition coefficient (Wildman–Crippen LogP) is 1.77. The summed E-state index contributed by atoms with van der Waals surface area (Å²) >= 11 is 2.18. The van der Waals surface area contributed by atoms with Gasteiger partial charge in [0.1, 0.15) is 6.54 Å². The number of carbonyl (C=O) groups is 2. The maximum absolute atomic E-state index is 11.9. The van der Waals surface area contributed by atoms with Gasteiger partial charge in [0.2, 0.25) is 5.91 Å². The zero-order chi connectivity index (χ0) is 12.8. The van der Waals surface area contributed by atoms with Crippen LogP contribution in [0.5, 0.6) is 0 Å². The molecule has 0 aliphatic rings. The molecular weight excluding hydrogens is 333 g/mol. The highest BCUT2D eigenvalue weighted by Crippen LogP contribution is 2.09.